The van der Waals surface area contributed by atoms with E-state index in [9.17, 15) is 0 Å². The Bertz CT molecular complexity index is 5770. The molecule has 0 amide bonds. The molecule has 0 N–H and O–H groups in total. The van der Waals surface area contributed by atoms with Gasteiger partial charge in [0.05, 0.1) is 44.5 Å². The maximum Gasteiger partial charge on any atom is 0.252 e. The molecule has 6 heteroatoms. The van der Waals surface area contributed by atoms with Crippen LogP contribution in [0.15, 0.2) is 315 Å². The predicted molar refractivity (Wildman–Crippen MR) is 417 cm³/mol. The first-order valence-corrected chi connectivity index (χ1v) is 34.4. The summed E-state index contributed by atoms with van der Waals surface area (Å²) >= 11 is 0. The van der Waals surface area contributed by atoms with E-state index in [1.165, 1.54) is 81.9 Å². The van der Waals surface area contributed by atoms with Crippen LogP contribution >= 0.6 is 0 Å². The molecule has 0 fully saturated rings. The van der Waals surface area contributed by atoms with Gasteiger partial charge in [0.1, 0.15) is 0 Å². The lowest BCUT2D eigenvalue weighted by molar-refractivity contribution is 0.590. The second kappa shape index (κ2) is 21.8. The molecule has 19 rings (SSSR count). The van der Waals surface area contributed by atoms with Gasteiger partial charge in [-0.05, 0) is 164 Å². The summed E-state index contributed by atoms with van der Waals surface area (Å²) in [4.78, 5) is 5.32. The van der Waals surface area contributed by atoms with Gasteiger partial charge in [0.25, 0.3) is 6.71 Å². The summed E-state index contributed by atoms with van der Waals surface area (Å²) < 4.78 is 7.40. The van der Waals surface area contributed by atoms with Crippen molar-refractivity contribution < 1.29 is 0 Å². The zero-order valence-electron chi connectivity index (χ0n) is 55.8. The normalized spacial score (nSPS) is 12.9. The third kappa shape index (κ3) is 8.87. The fourth-order valence-corrected chi connectivity index (χ4v) is 16.4. The van der Waals surface area contributed by atoms with E-state index in [2.05, 4.69) is 380 Å². The van der Waals surface area contributed by atoms with E-state index in [-0.39, 0.29) is 17.5 Å². The van der Waals surface area contributed by atoms with Crippen LogP contribution in [-0.2, 0) is 10.8 Å². The Hall–Kier alpha value is -11.9. The topological polar surface area (TPSA) is 21.3 Å². The number of benzene rings is 14. The van der Waals surface area contributed by atoms with Gasteiger partial charge in [-0.3, -0.25) is 0 Å². The molecule has 0 bridgehead atoms. The Balaban J connectivity index is 0.982. The molecule has 0 saturated heterocycles. The maximum atomic E-state index is 2.66. The highest BCUT2D eigenvalue weighted by Crippen LogP contribution is 2.52. The highest BCUT2D eigenvalue weighted by Gasteiger charge is 2.46. The molecule has 0 aliphatic carbocycles. The van der Waals surface area contributed by atoms with Crippen LogP contribution in [0.1, 0.15) is 52.7 Å². The van der Waals surface area contributed by atoms with Gasteiger partial charge in [-0.1, -0.05) is 254 Å². The highest BCUT2D eigenvalue weighted by atomic mass is 15.2. The molecule has 2 aliphatic heterocycles. The van der Waals surface area contributed by atoms with Crippen LogP contribution in [0.25, 0.3) is 116 Å². The number of nitrogens with zero attached hydrogens (tertiary/aromatic N) is 5. The summed E-state index contributed by atoms with van der Waals surface area (Å²) in [5, 5.41) is 7.29. The SMILES string of the molecule is CC(C)(C)c1ccc(-c2ccccc2N2c3cc4c(cc3B3c5cc6c7ccccc7n(-c7ccccc7)c6cc5N(c5ccccc5-c5ccc(C(C)(C)C)cc5)c5cc(-c6ccc7c(c6)c6ccccc6n7-c6ccccc6)cc2c53)c2ccccc2n4-c2ccccc2)cc1. The highest BCUT2D eigenvalue weighted by molar-refractivity contribution is 7.00. The van der Waals surface area contributed by atoms with E-state index in [0.29, 0.717) is 0 Å². The third-order valence-corrected chi connectivity index (χ3v) is 21.1. The molecule has 466 valence electrons. The molecule has 0 atom stereocenters. The second-order valence-electron chi connectivity index (χ2n) is 28.9. The van der Waals surface area contributed by atoms with E-state index >= 15 is 0 Å². The van der Waals surface area contributed by atoms with Crippen LogP contribution in [0, 0.1) is 0 Å². The molecule has 14 aromatic carbocycles. The average molecular weight is 1260 g/mol. The molecule has 98 heavy (non-hydrogen) atoms. The Kier molecular flexibility index (Phi) is 12.8. The van der Waals surface area contributed by atoms with Crippen molar-refractivity contribution in [2.24, 2.45) is 0 Å². The number of fused-ring (bicyclic) bond motifs is 13. The number of para-hydroxylation sites is 8. The zero-order valence-corrected chi connectivity index (χ0v) is 55.8. The first-order chi connectivity index (χ1) is 47.9. The van der Waals surface area contributed by atoms with Crippen molar-refractivity contribution in [3.8, 4) is 50.4 Å². The van der Waals surface area contributed by atoms with Crippen molar-refractivity contribution in [1.82, 2.24) is 13.7 Å². The minimum absolute atomic E-state index is 0.0148. The summed E-state index contributed by atoms with van der Waals surface area (Å²) in [6.07, 6.45) is 0. The van der Waals surface area contributed by atoms with Crippen LogP contribution in [0.2, 0.25) is 0 Å². The fourth-order valence-electron chi connectivity index (χ4n) is 16.4. The minimum atomic E-state index is -0.235. The molecular formula is C92H70BN5. The van der Waals surface area contributed by atoms with Gasteiger partial charge in [-0.25, -0.2) is 0 Å². The lowest BCUT2D eigenvalue weighted by Crippen LogP contribution is -2.61. The van der Waals surface area contributed by atoms with Gasteiger partial charge in [-0.2, -0.15) is 0 Å². The van der Waals surface area contributed by atoms with Crippen molar-refractivity contribution in [1.29, 1.82) is 0 Å². The van der Waals surface area contributed by atoms with E-state index in [0.717, 1.165) is 95.6 Å². The summed E-state index contributed by atoms with van der Waals surface area (Å²) in [5.74, 6) is 0. The van der Waals surface area contributed by atoms with Gasteiger partial charge in [0.2, 0.25) is 0 Å². The van der Waals surface area contributed by atoms with E-state index in [1.807, 2.05) is 0 Å². The van der Waals surface area contributed by atoms with Crippen LogP contribution in [-0.4, -0.2) is 20.4 Å². The van der Waals surface area contributed by atoms with Crippen molar-refractivity contribution >= 4 is 123 Å². The second-order valence-corrected chi connectivity index (χ2v) is 28.9. The molecule has 5 nitrogen and oxygen atoms in total. The van der Waals surface area contributed by atoms with Crippen LogP contribution in [0.3, 0.4) is 0 Å². The molecule has 3 aromatic heterocycles. The summed E-state index contributed by atoms with van der Waals surface area (Å²) in [6.45, 7) is 13.6. The molecule has 0 saturated carbocycles. The average Bonchev–Trinajstić information content (AvgIpc) is 1.09. The Morgan fingerprint density at radius 2 is 0.571 bits per heavy atom. The molecule has 17 aromatic rings. The third-order valence-electron chi connectivity index (χ3n) is 21.1. The molecule has 2 aliphatic rings. The maximum absolute atomic E-state index is 2.66. The molecule has 0 spiro atoms. The lowest BCUT2D eigenvalue weighted by Gasteiger charge is -2.45. The van der Waals surface area contributed by atoms with Crippen molar-refractivity contribution in [3.63, 3.8) is 0 Å². The van der Waals surface area contributed by atoms with Gasteiger partial charge in [-0.15, -0.1) is 0 Å². The Morgan fingerprint density at radius 3 is 0.980 bits per heavy atom. The number of anilines is 6. The summed E-state index contributed by atoms with van der Waals surface area (Å²) in [6, 6.07) is 119. The summed E-state index contributed by atoms with van der Waals surface area (Å²) in [5.41, 5.74) is 30.4. The number of rotatable bonds is 8. The van der Waals surface area contributed by atoms with E-state index in [1.54, 1.807) is 0 Å². The zero-order chi connectivity index (χ0) is 65.7. The van der Waals surface area contributed by atoms with Gasteiger partial charge < -0.3 is 23.5 Å². The fraction of sp³-hybridized carbons (Fsp3) is 0.0870. The van der Waals surface area contributed by atoms with Gasteiger partial charge in [0.15, 0.2) is 0 Å². The standard InChI is InChI=1S/C92H70BN5/c1-91(2,3)63-47-42-59(43-48-63)68-32-16-21-37-78(68)97-86-57-84-74(71-35-19-24-40-81(71)95(84)66-28-12-8-13-29-66)55-76(86)93-77-56-75-72-36-20-25-41-82(72)96(67-30-14-9-15-31-67)85(75)58-87(77)98(79-38-22-17-33-69(79)60-44-49-64(50-45-60)92(4,5)6)89-54-62(53-88(97)90(89)93)61-46-51-83-73(52-61)70-34-18-23-39-80(70)94(83)65-26-10-7-11-27-65/h7-58H,1-6H3. The van der Waals surface area contributed by atoms with E-state index < -0.39 is 0 Å². The van der Waals surface area contributed by atoms with Crippen molar-refractivity contribution in [2.75, 3.05) is 9.80 Å². The number of aromatic nitrogens is 3. The molecular weight excluding hydrogens is 1190 g/mol. The smallest absolute Gasteiger partial charge is 0.252 e. The van der Waals surface area contributed by atoms with Crippen LogP contribution < -0.4 is 26.2 Å². The largest absolute Gasteiger partial charge is 0.311 e. The van der Waals surface area contributed by atoms with Crippen molar-refractivity contribution in [3.05, 3.63) is 327 Å². The van der Waals surface area contributed by atoms with Crippen LogP contribution in [0.4, 0.5) is 34.1 Å². The molecule has 5 heterocycles. The molecule has 0 unspecified atom stereocenters. The summed E-state index contributed by atoms with van der Waals surface area (Å²) in [7, 11) is 0. The first kappa shape index (κ1) is 57.6. The number of hydrogen-bond donors (Lipinski definition) is 0. The monoisotopic (exact) mass is 1260 g/mol. The minimum Gasteiger partial charge on any atom is -0.311 e. The number of hydrogen-bond acceptors (Lipinski definition) is 2. The van der Waals surface area contributed by atoms with Gasteiger partial charge in [0, 0.05) is 83.3 Å². The predicted octanol–water partition coefficient (Wildman–Crippen LogP) is 22.7. The van der Waals surface area contributed by atoms with Crippen molar-refractivity contribution in [2.45, 2.75) is 52.4 Å². The quantitative estimate of drug-likeness (QED) is 0.141. The Morgan fingerprint density at radius 1 is 0.235 bits per heavy atom. The van der Waals surface area contributed by atoms with Gasteiger partial charge >= 0.3 is 0 Å². The van der Waals surface area contributed by atoms with Crippen LogP contribution in [0.5, 0.6) is 0 Å². The molecule has 0 radical (unpaired) electrons. The Labute approximate surface area is 572 Å². The van der Waals surface area contributed by atoms with E-state index in [4.69, 9.17) is 0 Å². The first-order valence-electron chi connectivity index (χ1n) is 34.4. The lowest BCUT2D eigenvalue weighted by atomic mass is 9.33.